The summed E-state index contributed by atoms with van der Waals surface area (Å²) >= 11 is 0. The molecule has 4 aliphatic carbocycles. The monoisotopic (exact) mass is 1100 g/mol. The van der Waals surface area contributed by atoms with Crippen LogP contribution in [0.1, 0.15) is 206 Å². The fourth-order valence-electron chi connectivity index (χ4n) is 12.9. The number of rotatable bonds is 22. The van der Waals surface area contributed by atoms with Gasteiger partial charge in [0.2, 0.25) is 23.6 Å². The normalized spacial score (nSPS) is 21.2. The van der Waals surface area contributed by atoms with Crippen molar-refractivity contribution in [3.8, 4) is 0 Å². The van der Waals surface area contributed by atoms with Gasteiger partial charge < -0.3 is 41.2 Å². The number of nitrogens with one attached hydrogen (secondary N) is 8. The van der Waals surface area contributed by atoms with E-state index in [9.17, 15) is 19.2 Å². The van der Waals surface area contributed by atoms with E-state index in [4.69, 9.17) is 0 Å². The number of aromatic nitrogens is 4. The molecule has 8 bridgehead atoms. The average Bonchev–Trinajstić information content (AvgIpc) is 4.24. The first-order valence-corrected chi connectivity index (χ1v) is 30.9. The Hall–Kier alpha value is -7.08. The summed E-state index contributed by atoms with van der Waals surface area (Å²) in [6.07, 6.45) is 15.9. The molecule has 12 nitrogen and oxygen atoms in total. The Morgan fingerprint density at radius 2 is 0.659 bits per heavy atom. The molecule has 4 amide bonds. The zero-order valence-corrected chi connectivity index (χ0v) is 50.3. The van der Waals surface area contributed by atoms with E-state index in [1.807, 2.05) is 36.4 Å². The van der Waals surface area contributed by atoms with Gasteiger partial charge in [0.15, 0.2) is 0 Å². The van der Waals surface area contributed by atoms with Gasteiger partial charge in [0.05, 0.1) is 22.7 Å². The van der Waals surface area contributed by atoms with Crippen LogP contribution >= 0.6 is 0 Å². The molecule has 4 atom stereocenters. The van der Waals surface area contributed by atoms with E-state index in [-0.39, 0.29) is 69.0 Å². The van der Waals surface area contributed by atoms with Crippen LogP contribution in [0.5, 0.6) is 0 Å². The van der Waals surface area contributed by atoms with Crippen LogP contribution in [0.4, 0.5) is 22.7 Å². The number of hydrogen-bond donors (Lipinski definition) is 8. The van der Waals surface area contributed by atoms with Gasteiger partial charge in [0.25, 0.3) is 0 Å². The highest BCUT2D eigenvalue weighted by Gasteiger charge is 2.53. The van der Waals surface area contributed by atoms with E-state index < -0.39 is 0 Å². The summed E-state index contributed by atoms with van der Waals surface area (Å²) in [5, 5.41) is 17.1. The van der Waals surface area contributed by atoms with Crippen LogP contribution in [0.2, 0.25) is 0 Å². The summed E-state index contributed by atoms with van der Waals surface area (Å²) in [5.74, 6) is -0.588. The maximum absolute atomic E-state index is 14.3. The molecule has 4 fully saturated rings. The zero-order valence-electron chi connectivity index (χ0n) is 50.3. The summed E-state index contributed by atoms with van der Waals surface area (Å²) < 4.78 is 0. The number of H-pyrrole nitrogens is 4. The smallest absolute Gasteiger partial charge is 0.228 e. The number of carbonyl (C=O) groups is 4. The molecule has 12 heteroatoms. The van der Waals surface area contributed by atoms with E-state index in [1.165, 1.54) is 12.8 Å². The number of aromatic amines is 4. The molecule has 5 aliphatic rings. The van der Waals surface area contributed by atoms with Gasteiger partial charge in [-0.25, -0.2) is 0 Å². The molecule has 0 saturated heterocycles. The van der Waals surface area contributed by atoms with Gasteiger partial charge in [-0.15, -0.1) is 0 Å². The fourth-order valence-corrected chi connectivity index (χ4v) is 12.9. The quantitative estimate of drug-likeness (QED) is 0.0316. The lowest BCUT2D eigenvalue weighted by atomic mass is 9.97. The van der Waals surface area contributed by atoms with Crippen molar-refractivity contribution in [3.05, 3.63) is 140 Å². The third kappa shape index (κ3) is 11.8. The van der Waals surface area contributed by atoms with Crippen molar-refractivity contribution in [1.82, 2.24) is 19.9 Å². The number of amides is 4. The number of benzene rings is 2. The fraction of sp³-hybridized carbons (Fsp3) is 0.486. The predicted octanol–water partition coefficient (Wildman–Crippen LogP) is 12.9. The molecule has 0 unspecified atom stereocenters. The average molecular weight is 1110 g/mol. The topological polar surface area (TPSA) is 180 Å². The molecular formula is C70H88N8O4. The van der Waals surface area contributed by atoms with Crippen molar-refractivity contribution in [1.29, 1.82) is 0 Å². The van der Waals surface area contributed by atoms with Gasteiger partial charge >= 0.3 is 0 Å². The molecule has 6 aromatic rings. The first-order chi connectivity index (χ1) is 39.2. The predicted molar refractivity (Wildman–Crippen MR) is 332 cm³/mol. The molecule has 1 aliphatic heterocycles. The molecule has 8 N–H and O–H groups in total. The second-order valence-corrected chi connectivity index (χ2v) is 27.6. The Morgan fingerprint density at radius 1 is 0.378 bits per heavy atom. The maximum atomic E-state index is 14.3. The molecule has 82 heavy (non-hydrogen) atoms. The molecule has 4 aromatic heterocycles. The van der Waals surface area contributed by atoms with Crippen LogP contribution in [0, 0.1) is 45.3 Å². The van der Waals surface area contributed by atoms with Crippen LogP contribution in [-0.4, -0.2) is 43.6 Å². The summed E-state index contributed by atoms with van der Waals surface area (Å²) in [4.78, 5) is 72.9. The van der Waals surface area contributed by atoms with E-state index >= 15 is 0 Å². The molecule has 0 radical (unpaired) electrons. The lowest BCUT2D eigenvalue weighted by molar-refractivity contribution is -0.118. The molecular weight excluding hydrogens is 1020 g/mol. The van der Waals surface area contributed by atoms with Gasteiger partial charge in [0, 0.05) is 90.1 Å². The van der Waals surface area contributed by atoms with Gasteiger partial charge in [-0.05, 0) is 157 Å². The summed E-state index contributed by atoms with van der Waals surface area (Å²) in [6, 6.07) is 29.0. The number of anilines is 4. The van der Waals surface area contributed by atoms with E-state index in [1.54, 1.807) is 0 Å². The van der Waals surface area contributed by atoms with Crippen LogP contribution in [0.3, 0.4) is 0 Å². The zero-order chi connectivity index (χ0) is 57.9. The van der Waals surface area contributed by atoms with Gasteiger partial charge in [-0.3, -0.25) is 19.2 Å². The third-order valence-electron chi connectivity index (χ3n) is 19.2. The third-order valence-corrected chi connectivity index (χ3v) is 19.2. The highest BCUT2D eigenvalue weighted by atomic mass is 16.2. The lowest BCUT2D eigenvalue weighted by Gasteiger charge is -2.19. The molecule has 2 aromatic carbocycles. The van der Waals surface area contributed by atoms with Crippen LogP contribution < -0.4 is 42.7 Å². The molecule has 5 heterocycles. The van der Waals surface area contributed by atoms with E-state index in [0.717, 1.165) is 167 Å². The Morgan fingerprint density at radius 3 is 0.951 bits per heavy atom. The largest absolute Gasteiger partial charge is 0.355 e. The Kier molecular flexibility index (Phi) is 15.4. The second-order valence-electron chi connectivity index (χ2n) is 27.6. The minimum absolute atomic E-state index is 0.0249. The van der Waals surface area contributed by atoms with Gasteiger partial charge in [0.1, 0.15) is 0 Å². The number of carbonyl (C=O) groups excluding carboxylic acids is 4. The highest BCUT2D eigenvalue weighted by molar-refractivity contribution is 6.06. The van der Waals surface area contributed by atoms with Crippen molar-refractivity contribution in [3.63, 3.8) is 0 Å². The SMILES string of the molecule is CCCCCCCC1=c2ccc([nH]2)=C(c2c(NC(=O)[C@H]3CC3(C)C)cccc2NC(=O)[C@H]2CC2(C)C)c2ccc([nH]2)C(CCCCCCC)=c2ccc([nH]2)=C(c2c(NC(=O)[C@H]3CC3(C)C)cccc2NC(=O)[C@@H]2CC2(C)C)c2ccc1[nH]2. The number of unbranched alkanes of at least 4 members (excludes halogenated alkanes) is 8. The van der Waals surface area contributed by atoms with Crippen molar-refractivity contribution in [2.75, 3.05) is 21.3 Å². The van der Waals surface area contributed by atoms with Gasteiger partial charge in [-0.2, -0.15) is 0 Å². The highest BCUT2D eigenvalue weighted by Crippen LogP contribution is 2.55. The van der Waals surface area contributed by atoms with Crippen LogP contribution in [0.15, 0.2) is 84.9 Å². The lowest BCUT2D eigenvalue weighted by Crippen LogP contribution is -2.23. The minimum Gasteiger partial charge on any atom is -0.355 e. The molecule has 0 spiro atoms. The maximum Gasteiger partial charge on any atom is 0.228 e. The van der Waals surface area contributed by atoms with Crippen molar-refractivity contribution < 1.29 is 19.2 Å². The van der Waals surface area contributed by atoms with E-state index in [2.05, 4.69) is 159 Å². The van der Waals surface area contributed by atoms with Crippen molar-refractivity contribution in [2.45, 2.75) is 172 Å². The molecule has 4 saturated carbocycles. The summed E-state index contributed by atoms with van der Waals surface area (Å²) in [5.41, 5.74) is 11.1. The standard InChI is InChI=1S/C70H88N8O4/c1-11-13-15-17-19-23-41-47-29-33-55(71-47)61(59-51(75-63(79)43-37-67(43,3)4)25-21-26-52(59)76-64(80)44-38-68(44,5)6)57-35-31-49(73-57)42(24-20-18-16-14-12-2)50-32-36-58(74-50)62(56-34-30-48(41)72-56)60-53(77-65(81)45-39-69(45,7)8)27-22-28-54(60)78-66(82)46-40-70(46,9)10/h21-22,25-36,43-46,71-74H,11-20,23-24,37-40H2,1-10H3,(H,75,79)(H,76,80)(H,77,81)(H,78,82)/t43-,44-,45-,46+/m1/s1. The number of fused-ring (bicyclic) bond motifs is 8. The summed E-state index contributed by atoms with van der Waals surface area (Å²) in [6.45, 7) is 21.6. The van der Waals surface area contributed by atoms with Crippen LogP contribution in [0.25, 0.3) is 22.3 Å². The second kappa shape index (κ2) is 22.2. The molecule has 11 rings (SSSR count). The van der Waals surface area contributed by atoms with Crippen LogP contribution in [-0.2, 0) is 19.2 Å². The van der Waals surface area contributed by atoms with Crippen molar-refractivity contribution >= 4 is 68.7 Å². The van der Waals surface area contributed by atoms with Crippen molar-refractivity contribution in [2.24, 2.45) is 45.3 Å². The first-order valence-electron chi connectivity index (χ1n) is 30.9. The first kappa shape index (κ1) is 56.8. The Labute approximate surface area is 484 Å². The minimum atomic E-state index is -0.122. The Balaban J connectivity index is 1.16. The Bertz CT molecular complexity index is 3370. The molecule has 432 valence electrons. The van der Waals surface area contributed by atoms with Gasteiger partial charge in [-0.1, -0.05) is 133 Å². The summed E-state index contributed by atoms with van der Waals surface area (Å²) in [7, 11) is 0. The van der Waals surface area contributed by atoms with E-state index in [0.29, 0.717) is 22.7 Å². The number of hydrogen-bond acceptors (Lipinski definition) is 4.